The standard InChI is InChI=1S/C13H16N2O2/c1-10(2)3-5-15-7-12(8-16)13(14-15)11-4-6-17-9-11/h4,6-10H,3,5H2,1-2H3. The molecule has 0 aliphatic rings. The summed E-state index contributed by atoms with van der Waals surface area (Å²) in [6.07, 6.45) is 6.85. The molecule has 0 amide bonds. The molecule has 0 aliphatic heterocycles. The number of hydrogen-bond acceptors (Lipinski definition) is 3. The Morgan fingerprint density at radius 3 is 2.94 bits per heavy atom. The fraction of sp³-hybridized carbons (Fsp3) is 0.385. The van der Waals surface area contributed by atoms with Crippen molar-refractivity contribution < 1.29 is 9.21 Å². The predicted octanol–water partition coefficient (Wildman–Crippen LogP) is 3.00. The average Bonchev–Trinajstić information content (AvgIpc) is 2.94. The molecule has 0 N–H and O–H groups in total. The van der Waals surface area contributed by atoms with E-state index in [-0.39, 0.29) is 0 Å². The minimum atomic E-state index is 0.607. The maximum absolute atomic E-state index is 11.0. The van der Waals surface area contributed by atoms with Gasteiger partial charge in [-0.2, -0.15) is 5.10 Å². The fourth-order valence-corrected chi connectivity index (χ4v) is 1.65. The van der Waals surface area contributed by atoms with Gasteiger partial charge in [0.2, 0.25) is 0 Å². The number of aryl methyl sites for hydroxylation is 1. The summed E-state index contributed by atoms with van der Waals surface area (Å²) in [7, 11) is 0. The Morgan fingerprint density at radius 2 is 2.35 bits per heavy atom. The van der Waals surface area contributed by atoms with Crippen LogP contribution in [0.25, 0.3) is 11.3 Å². The molecule has 2 aromatic rings. The van der Waals surface area contributed by atoms with E-state index in [1.165, 1.54) is 0 Å². The molecular weight excluding hydrogens is 216 g/mol. The Labute approximate surface area is 100 Å². The van der Waals surface area contributed by atoms with Crippen LogP contribution < -0.4 is 0 Å². The molecule has 0 unspecified atom stereocenters. The Balaban J connectivity index is 2.24. The molecular formula is C13H16N2O2. The van der Waals surface area contributed by atoms with Crippen molar-refractivity contribution in [3.05, 3.63) is 30.4 Å². The van der Waals surface area contributed by atoms with Crippen LogP contribution >= 0.6 is 0 Å². The smallest absolute Gasteiger partial charge is 0.153 e. The van der Waals surface area contributed by atoms with E-state index in [0.717, 1.165) is 24.8 Å². The van der Waals surface area contributed by atoms with Crippen LogP contribution in [0.4, 0.5) is 0 Å². The zero-order chi connectivity index (χ0) is 12.3. The monoisotopic (exact) mass is 232 g/mol. The van der Waals surface area contributed by atoms with E-state index in [1.54, 1.807) is 18.7 Å². The summed E-state index contributed by atoms with van der Waals surface area (Å²) in [5, 5.41) is 4.42. The number of carbonyl (C=O) groups is 1. The van der Waals surface area contributed by atoms with Crippen molar-refractivity contribution in [2.45, 2.75) is 26.8 Å². The Morgan fingerprint density at radius 1 is 1.53 bits per heavy atom. The van der Waals surface area contributed by atoms with E-state index in [1.807, 2.05) is 10.7 Å². The summed E-state index contributed by atoms with van der Waals surface area (Å²) in [6, 6.07) is 1.81. The highest BCUT2D eigenvalue weighted by molar-refractivity contribution is 5.85. The molecule has 17 heavy (non-hydrogen) atoms. The summed E-state index contributed by atoms with van der Waals surface area (Å²) in [4.78, 5) is 11.0. The fourth-order valence-electron chi connectivity index (χ4n) is 1.65. The Bertz CT molecular complexity index is 483. The van der Waals surface area contributed by atoms with Crippen LogP contribution in [0.15, 0.2) is 29.2 Å². The number of furan rings is 1. The number of hydrogen-bond donors (Lipinski definition) is 0. The molecule has 0 atom stereocenters. The van der Waals surface area contributed by atoms with Crippen LogP contribution in [0, 0.1) is 5.92 Å². The third kappa shape index (κ3) is 2.64. The van der Waals surface area contributed by atoms with Crippen LogP contribution in [-0.2, 0) is 6.54 Å². The van der Waals surface area contributed by atoms with E-state index in [0.29, 0.717) is 17.2 Å². The van der Waals surface area contributed by atoms with Crippen molar-refractivity contribution in [1.29, 1.82) is 0 Å². The Hall–Kier alpha value is -1.84. The van der Waals surface area contributed by atoms with E-state index in [9.17, 15) is 4.79 Å². The highest BCUT2D eigenvalue weighted by atomic mass is 16.3. The zero-order valence-corrected chi connectivity index (χ0v) is 10.1. The lowest BCUT2D eigenvalue weighted by atomic mass is 10.1. The first-order valence-corrected chi connectivity index (χ1v) is 5.76. The lowest BCUT2D eigenvalue weighted by molar-refractivity contribution is 0.112. The van der Waals surface area contributed by atoms with Crippen molar-refractivity contribution in [3.63, 3.8) is 0 Å². The second-order valence-corrected chi connectivity index (χ2v) is 4.51. The molecule has 0 saturated heterocycles. The van der Waals surface area contributed by atoms with Gasteiger partial charge >= 0.3 is 0 Å². The number of rotatable bonds is 5. The topological polar surface area (TPSA) is 48.0 Å². The highest BCUT2D eigenvalue weighted by Crippen LogP contribution is 2.21. The van der Waals surface area contributed by atoms with Gasteiger partial charge < -0.3 is 4.42 Å². The lowest BCUT2D eigenvalue weighted by Gasteiger charge is -2.03. The highest BCUT2D eigenvalue weighted by Gasteiger charge is 2.11. The maximum Gasteiger partial charge on any atom is 0.153 e. The lowest BCUT2D eigenvalue weighted by Crippen LogP contribution is -2.01. The second-order valence-electron chi connectivity index (χ2n) is 4.51. The first-order chi connectivity index (χ1) is 8.20. The molecule has 4 heteroatoms. The number of aldehydes is 1. The molecule has 0 radical (unpaired) electrons. The molecule has 2 heterocycles. The molecule has 4 nitrogen and oxygen atoms in total. The molecule has 0 aromatic carbocycles. The maximum atomic E-state index is 11.0. The summed E-state index contributed by atoms with van der Waals surface area (Å²) in [5.74, 6) is 0.622. The van der Waals surface area contributed by atoms with Gasteiger partial charge in [-0.3, -0.25) is 9.48 Å². The van der Waals surface area contributed by atoms with Gasteiger partial charge in [-0.05, 0) is 18.4 Å². The first-order valence-electron chi connectivity index (χ1n) is 5.76. The van der Waals surface area contributed by atoms with Gasteiger partial charge in [0.15, 0.2) is 6.29 Å². The van der Waals surface area contributed by atoms with Gasteiger partial charge in [-0.1, -0.05) is 13.8 Å². The summed E-state index contributed by atoms with van der Waals surface area (Å²) in [5.41, 5.74) is 2.14. The molecule has 0 spiro atoms. The van der Waals surface area contributed by atoms with Crippen molar-refractivity contribution >= 4 is 6.29 Å². The van der Waals surface area contributed by atoms with Gasteiger partial charge in [0.25, 0.3) is 0 Å². The van der Waals surface area contributed by atoms with Crippen LogP contribution in [0.1, 0.15) is 30.6 Å². The van der Waals surface area contributed by atoms with Crippen LogP contribution in [0.5, 0.6) is 0 Å². The quantitative estimate of drug-likeness (QED) is 0.744. The summed E-state index contributed by atoms with van der Waals surface area (Å²) >= 11 is 0. The van der Waals surface area contributed by atoms with Crippen molar-refractivity contribution in [3.8, 4) is 11.3 Å². The summed E-state index contributed by atoms with van der Waals surface area (Å²) < 4.78 is 6.84. The second kappa shape index (κ2) is 4.99. The molecule has 0 aliphatic carbocycles. The number of carbonyl (C=O) groups excluding carboxylic acids is 1. The van der Waals surface area contributed by atoms with E-state index in [2.05, 4.69) is 18.9 Å². The molecule has 90 valence electrons. The number of nitrogens with zero attached hydrogens (tertiary/aromatic N) is 2. The minimum Gasteiger partial charge on any atom is -0.472 e. The third-order valence-electron chi connectivity index (χ3n) is 2.65. The molecule has 0 saturated carbocycles. The predicted molar refractivity (Wildman–Crippen MR) is 64.8 cm³/mol. The van der Waals surface area contributed by atoms with Crippen LogP contribution in [0.2, 0.25) is 0 Å². The van der Waals surface area contributed by atoms with Gasteiger partial charge in [0, 0.05) is 18.3 Å². The molecule has 2 aromatic heterocycles. The van der Waals surface area contributed by atoms with E-state index < -0.39 is 0 Å². The van der Waals surface area contributed by atoms with E-state index >= 15 is 0 Å². The van der Waals surface area contributed by atoms with Crippen molar-refractivity contribution in [2.75, 3.05) is 0 Å². The molecule has 2 rings (SSSR count). The van der Waals surface area contributed by atoms with Crippen LogP contribution in [-0.4, -0.2) is 16.1 Å². The van der Waals surface area contributed by atoms with Gasteiger partial charge in [-0.25, -0.2) is 0 Å². The average molecular weight is 232 g/mol. The largest absolute Gasteiger partial charge is 0.472 e. The zero-order valence-electron chi connectivity index (χ0n) is 10.1. The minimum absolute atomic E-state index is 0.607. The third-order valence-corrected chi connectivity index (χ3v) is 2.65. The van der Waals surface area contributed by atoms with Crippen molar-refractivity contribution in [1.82, 2.24) is 9.78 Å². The van der Waals surface area contributed by atoms with Gasteiger partial charge in [-0.15, -0.1) is 0 Å². The van der Waals surface area contributed by atoms with Crippen LogP contribution in [0.3, 0.4) is 0 Å². The van der Waals surface area contributed by atoms with E-state index in [4.69, 9.17) is 4.42 Å². The van der Waals surface area contributed by atoms with Gasteiger partial charge in [0.1, 0.15) is 5.69 Å². The Kier molecular flexibility index (Phi) is 3.42. The summed E-state index contributed by atoms with van der Waals surface area (Å²) in [6.45, 7) is 5.17. The number of aromatic nitrogens is 2. The molecule has 0 bridgehead atoms. The first kappa shape index (κ1) is 11.6. The molecule has 0 fully saturated rings. The van der Waals surface area contributed by atoms with Gasteiger partial charge in [0.05, 0.1) is 18.1 Å². The normalized spacial score (nSPS) is 11.0. The van der Waals surface area contributed by atoms with Crippen molar-refractivity contribution in [2.24, 2.45) is 5.92 Å². The SMILES string of the molecule is CC(C)CCn1cc(C=O)c(-c2ccoc2)n1.